The molecule has 1 heterocycles. The smallest absolute Gasteiger partial charge is 0.362 e. The normalized spacial score (nSPS) is 11.9. The number of nitro groups is 1. The molecule has 98 valence electrons. The Morgan fingerprint density at radius 3 is 2.83 bits per heavy atom. The summed E-state index contributed by atoms with van der Waals surface area (Å²) in [5.74, 6) is -1.56. The highest BCUT2D eigenvalue weighted by Crippen LogP contribution is 2.34. The number of hydrogen-bond acceptors (Lipinski definition) is 7. The lowest BCUT2D eigenvalue weighted by atomic mass is 10.2. The third kappa shape index (κ3) is 3.29. The Balaban J connectivity index is 2.95. The van der Waals surface area contributed by atoms with Gasteiger partial charge in [0.2, 0.25) is 0 Å². The summed E-state index contributed by atoms with van der Waals surface area (Å²) >= 11 is 0.988. The van der Waals surface area contributed by atoms with Gasteiger partial charge in [-0.15, -0.1) is 0 Å². The maximum Gasteiger partial charge on any atom is 0.362 e. The quantitative estimate of drug-likeness (QED) is 0.356. The number of aromatic nitrogens is 2. The minimum atomic E-state index is -0.967. The van der Waals surface area contributed by atoms with Gasteiger partial charge in [0.05, 0.1) is 18.0 Å². The van der Waals surface area contributed by atoms with Gasteiger partial charge < -0.3 is 9.84 Å². The Kier molecular flexibility index (Phi) is 4.84. The summed E-state index contributed by atoms with van der Waals surface area (Å²) in [5.41, 5.74) is -0.345. The van der Waals surface area contributed by atoms with Crippen LogP contribution in [-0.4, -0.2) is 38.8 Å². The van der Waals surface area contributed by atoms with Crippen LogP contribution >= 0.6 is 11.8 Å². The minimum absolute atomic E-state index is 0.0972. The molecule has 0 saturated heterocycles. The summed E-state index contributed by atoms with van der Waals surface area (Å²) in [6, 6.07) is 0. The second kappa shape index (κ2) is 6.15. The average molecular weight is 273 g/mol. The maximum absolute atomic E-state index is 10.9. The molecular formula is C9H11N3O5S. The number of carboxylic acids is 1. The molecule has 1 N–H and O–H groups in total. The first-order valence-corrected chi connectivity index (χ1v) is 5.85. The van der Waals surface area contributed by atoms with Crippen molar-refractivity contribution in [1.82, 2.24) is 9.97 Å². The molecule has 0 aliphatic carbocycles. The van der Waals surface area contributed by atoms with Crippen LogP contribution in [0.4, 0.5) is 5.69 Å². The third-order valence-electron chi connectivity index (χ3n) is 2.02. The molecule has 0 spiro atoms. The number of carbonyl (C=O) groups is 1. The van der Waals surface area contributed by atoms with Crippen LogP contribution in [0.5, 0.6) is 5.88 Å². The van der Waals surface area contributed by atoms with E-state index in [0.29, 0.717) is 0 Å². The van der Waals surface area contributed by atoms with E-state index in [0.717, 1.165) is 18.1 Å². The Morgan fingerprint density at radius 1 is 1.67 bits per heavy atom. The van der Waals surface area contributed by atoms with Crippen LogP contribution in [0.15, 0.2) is 11.4 Å². The van der Waals surface area contributed by atoms with Crippen molar-refractivity contribution in [1.29, 1.82) is 0 Å². The standard InChI is InChI=1S/C9H11N3O5S/c1-5(9(13)14)3-18-8-6(12(15)16)7(17-2)10-4-11-8/h4-5H,3H2,1-2H3,(H,13,14). The fourth-order valence-electron chi connectivity index (χ4n) is 1.03. The summed E-state index contributed by atoms with van der Waals surface area (Å²) in [7, 11) is 1.27. The van der Waals surface area contributed by atoms with Gasteiger partial charge in [-0.1, -0.05) is 18.7 Å². The fraction of sp³-hybridized carbons (Fsp3) is 0.444. The Hall–Kier alpha value is -1.90. The van der Waals surface area contributed by atoms with Crippen LogP contribution in [-0.2, 0) is 4.79 Å². The molecule has 1 unspecified atom stereocenters. The number of aliphatic carboxylic acids is 1. The number of nitrogens with zero attached hydrogens (tertiary/aromatic N) is 3. The summed E-state index contributed by atoms with van der Waals surface area (Å²) in [6.45, 7) is 1.51. The van der Waals surface area contributed by atoms with Gasteiger partial charge in [-0.3, -0.25) is 14.9 Å². The van der Waals surface area contributed by atoms with Crippen molar-refractivity contribution >= 4 is 23.4 Å². The van der Waals surface area contributed by atoms with Crippen molar-refractivity contribution in [3.63, 3.8) is 0 Å². The van der Waals surface area contributed by atoms with Gasteiger partial charge >= 0.3 is 11.7 Å². The highest BCUT2D eigenvalue weighted by atomic mass is 32.2. The molecule has 0 saturated carbocycles. The molecule has 18 heavy (non-hydrogen) atoms. The molecular weight excluding hydrogens is 262 g/mol. The van der Waals surface area contributed by atoms with Crippen molar-refractivity contribution in [2.75, 3.05) is 12.9 Å². The minimum Gasteiger partial charge on any atom is -0.481 e. The molecule has 0 fully saturated rings. The van der Waals surface area contributed by atoms with E-state index in [1.54, 1.807) is 0 Å². The Morgan fingerprint density at radius 2 is 2.33 bits per heavy atom. The molecule has 0 bridgehead atoms. The van der Waals surface area contributed by atoms with Crippen molar-refractivity contribution < 1.29 is 19.6 Å². The predicted molar refractivity (Wildman–Crippen MR) is 62.8 cm³/mol. The first-order chi connectivity index (χ1) is 8.47. The average Bonchev–Trinajstić information content (AvgIpc) is 2.34. The summed E-state index contributed by atoms with van der Waals surface area (Å²) in [6.07, 6.45) is 1.14. The zero-order chi connectivity index (χ0) is 13.7. The number of methoxy groups -OCH3 is 1. The lowest BCUT2D eigenvalue weighted by Gasteiger charge is -2.06. The van der Waals surface area contributed by atoms with Gasteiger partial charge in [0, 0.05) is 5.75 Å². The second-order valence-electron chi connectivity index (χ2n) is 3.34. The Labute approximate surface area is 107 Å². The lowest BCUT2D eigenvalue weighted by Crippen LogP contribution is -2.12. The first kappa shape index (κ1) is 14.2. The van der Waals surface area contributed by atoms with E-state index < -0.39 is 16.8 Å². The van der Waals surface area contributed by atoms with E-state index >= 15 is 0 Å². The summed E-state index contributed by atoms with van der Waals surface area (Å²) in [4.78, 5) is 28.3. The van der Waals surface area contributed by atoms with Crippen molar-refractivity contribution in [2.45, 2.75) is 11.9 Å². The molecule has 8 nitrogen and oxygen atoms in total. The zero-order valence-electron chi connectivity index (χ0n) is 9.69. The van der Waals surface area contributed by atoms with Crippen LogP contribution < -0.4 is 4.74 Å². The predicted octanol–water partition coefficient (Wildman–Crippen LogP) is 1.21. The summed E-state index contributed by atoms with van der Waals surface area (Å²) in [5, 5.41) is 19.7. The highest BCUT2D eigenvalue weighted by molar-refractivity contribution is 7.99. The van der Waals surface area contributed by atoms with E-state index in [-0.39, 0.29) is 22.3 Å². The SMILES string of the molecule is COc1ncnc(SCC(C)C(=O)O)c1[N+](=O)[O-]. The van der Waals surface area contributed by atoms with E-state index in [1.807, 2.05) is 0 Å². The molecule has 9 heteroatoms. The maximum atomic E-state index is 10.9. The van der Waals surface area contributed by atoms with Gasteiger partial charge in [0.1, 0.15) is 6.33 Å². The fourth-order valence-corrected chi connectivity index (χ4v) is 2.00. The lowest BCUT2D eigenvalue weighted by molar-refractivity contribution is -0.389. The van der Waals surface area contributed by atoms with E-state index in [9.17, 15) is 14.9 Å². The van der Waals surface area contributed by atoms with E-state index in [1.165, 1.54) is 14.0 Å². The molecule has 0 radical (unpaired) electrons. The van der Waals surface area contributed by atoms with Gasteiger partial charge in [-0.2, -0.15) is 4.98 Å². The largest absolute Gasteiger partial charge is 0.481 e. The molecule has 0 aromatic carbocycles. The molecule has 1 rings (SSSR count). The van der Waals surface area contributed by atoms with Crippen molar-refractivity contribution in [2.24, 2.45) is 5.92 Å². The first-order valence-electron chi connectivity index (χ1n) is 4.86. The molecule has 0 amide bonds. The molecule has 0 aliphatic heterocycles. The van der Waals surface area contributed by atoms with Crippen LogP contribution in [0.25, 0.3) is 0 Å². The van der Waals surface area contributed by atoms with Crippen LogP contribution in [0.2, 0.25) is 0 Å². The van der Waals surface area contributed by atoms with Crippen molar-refractivity contribution in [3.8, 4) is 5.88 Å². The molecule has 0 aliphatic rings. The molecule has 1 aromatic heterocycles. The van der Waals surface area contributed by atoms with Crippen LogP contribution in [0, 0.1) is 16.0 Å². The topological polar surface area (TPSA) is 115 Å². The number of rotatable bonds is 6. The van der Waals surface area contributed by atoms with Crippen molar-refractivity contribution in [3.05, 3.63) is 16.4 Å². The molecule has 1 aromatic rings. The molecule has 1 atom stereocenters. The highest BCUT2D eigenvalue weighted by Gasteiger charge is 2.25. The van der Waals surface area contributed by atoms with Gasteiger partial charge in [-0.25, -0.2) is 4.98 Å². The van der Waals surface area contributed by atoms with E-state index in [4.69, 9.17) is 9.84 Å². The van der Waals surface area contributed by atoms with Gasteiger partial charge in [-0.05, 0) is 0 Å². The van der Waals surface area contributed by atoms with Crippen LogP contribution in [0.1, 0.15) is 6.92 Å². The number of carboxylic acid groups (broad SMARTS) is 1. The Bertz CT molecular complexity index is 468. The number of thioether (sulfide) groups is 1. The van der Waals surface area contributed by atoms with Crippen LogP contribution in [0.3, 0.4) is 0 Å². The zero-order valence-corrected chi connectivity index (χ0v) is 10.5. The van der Waals surface area contributed by atoms with Gasteiger partial charge in [0.25, 0.3) is 5.88 Å². The van der Waals surface area contributed by atoms with Gasteiger partial charge in [0.15, 0.2) is 5.03 Å². The monoisotopic (exact) mass is 273 g/mol. The third-order valence-corrected chi connectivity index (χ3v) is 3.26. The number of ether oxygens (including phenoxy) is 1. The summed E-state index contributed by atoms with van der Waals surface area (Å²) < 4.78 is 4.78. The van der Waals surface area contributed by atoms with E-state index in [2.05, 4.69) is 9.97 Å². The second-order valence-corrected chi connectivity index (χ2v) is 4.35. The number of hydrogen-bond donors (Lipinski definition) is 1.